The lowest BCUT2D eigenvalue weighted by molar-refractivity contribution is -0.122. The van der Waals surface area contributed by atoms with Gasteiger partial charge in [-0.3, -0.25) is 9.69 Å². The molecule has 0 unspecified atom stereocenters. The zero-order valence-electron chi connectivity index (χ0n) is 14.8. The van der Waals surface area contributed by atoms with Crippen molar-refractivity contribution in [3.63, 3.8) is 0 Å². The molecule has 2 aliphatic heterocycles. The Labute approximate surface area is 152 Å². The molecule has 0 aliphatic carbocycles. The SMILES string of the molecule is Fc1ccc(Cn2ncnc2[C@@H]2CCCN3CCCC[C@H]23)cc1.O=CO. The van der Waals surface area contributed by atoms with E-state index < -0.39 is 0 Å². The summed E-state index contributed by atoms with van der Waals surface area (Å²) in [7, 11) is 0. The minimum atomic E-state index is -0.250. The van der Waals surface area contributed by atoms with Crippen LogP contribution in [0.4, 0.5) is 4.39 Å². The number of fused-ring (bicyclic) bond motifs is 1. The van der Waals surface area contributed by atoms with Crippen LogP contribution in [0.1, 0.15) is 49.4 Å². The Kier molecular flexibility index (Phi) is 6.33. The van der Waals surface area contributed by atoms with Crippen molar-refractivity contribution in [1.29, 1.82) is 0 Å². The topological polar surface area (TPSA) is 71.2 Å². The molecule has 26 heavy (non-hydrogen) atoms. The summed E-state index contributed by atoms with van der Waals surface area (Å²) in [6.45, 7) is 2.87. The number of benzene rings is 1. The highest BCUT2D eigenvalue weighted by Gasteiger charge is 2.36. The largest absolute Gasteiger partial charge is 0.483 e. The molecular formula is C19H25FN4O2. The maximum Gasteiger partial charge on any atom is 0.290 e. The molecule has 6 nitrogen and oxygen atoms in total. The minimum Gasteiger partial charge on any atom is -0.483 e. The molecule has 1 aromatic carbocycles. The van der Waals surface area contributed by atoms with Crippen LogP contribution in [0.3, 0.4) is 0 Å². The molecule has 2 aliphatic rings. The Hall–Kier alpha value is -2.28. The molecule has 2 saturated heterocycles. The molecule has 140 valence electrons. The van der Waals surface area contributed by atoms with Crippen LogP contribution >= 0.6 is 0 Å². The van der Waals surface area contributed by atoms with Gasteiger partial charge in [-0.15, -0.1) is 0 Å². The third-order valence-corrected chi connectivity index (χ3v) is 5.31. The Morgan fingerprint density at radius 3 is 2.65 bits per heavy atom. The molecule has 0 bridgehead atoms. The summed E-state index contributed by atoms with van der Waals surface area (Å²) in [5.41, 5.74) is 1.06. The van der Waals surface area contributed by atoms with Gasteiger partial charge in [-0.2, -0.15) is 5.10 Å². The molecular weight excluding hydrogens is 335 g/mol. The predicted molar refractivity (Wildman–Crippen MR) is 95.4 cm³/mol. The second-order valence-electron chi connectivity index (χ2n) is 6.86. The van der Waals surface area contributed by atoms with Crippen molar-refractivity contribution in [2.75, 3.05) is 13.1 Å². The van der Waals surface area contributed by atoms with E-state index in [1.54, 1.807) is 6.33 Å². The lowest BCUT2D eigenvalue weighted by Gasteiger charge is -2.43. The van der Waals surface area contributed by atoms with E-state index in [2.05, 4.69) is 15.0 Å². The van der Waals surface area contributed by atoms with Crippen molar-refractivity contribution < 1.29 is 14.3 Å². The average Bonchev–Trinajstić information content (AvgIpc) is 3.12. The third kappa shape index (κ3) is 4.27. The highest BCUT2D eigenvalue weighted by molar-refractivity contribution is 5.32. The first-order chi connectivity index (χ1) is 12.7. The fourth-order valence-corrected chi connectivity index (χ4v) is 4.20. The van der Waals surface area contributed by atoms with Crippen molar-refractivity contribution >= 4 is 6.47 Å². The summed E-state index contributed by atoms with van der Waals surface area (Å²) in [5.74, 6) is 1.38. The molecule has 1 N–H and O–H groups in total. The molecule has 3 heterocycles. The average molecular weight is 360 g/mol. The summed E-state index contributed by atoms with van der Waals surface area (Å²) >= 11 is 0. The lowest BCUT2D eigenvalue weighted by atomic mass is 9.83. The van der Waals surface area contributed by atoms with Crippen LogP contribution in [0.25, 0.3) is 0 Å². The molecule has 2 fully saturated rings. The lowest BCUT2D eigenvalue weighted by Crippen LogP contribution is -2.47. The number of nitrogens with zero attached hydrogens (tertiary/aromatic N) is 4. The van der Waals surface area contributed by atoms with Crippen LogP contribution in [0.5, 0.6) is 0 Å². The van der Waals surface area contributed by atoms with Crippen LogP contribution < -0.4 is 0 Å². The zero-order chi connectivity index (χ0) is 18.4. The number of rotatable bonds is 3. The Bertz CT molecular complexity index is 702. The number of halogens is 1. The van der Waals surface area contributed by atoms with Crippen LogP contribution in [0.15, 0.2) is 30.6 Å². The van der Waals surface area contributed by atoms with Crippen molar-refractivity contribution in [1.82, 2.24) is 19.7 Å². The molecule has 0 amide bonds. The van der Waals surface area contributed by atoms with Crippen molar-refractivity contribution in [2.24, 2.45) is 0 Å². The monoisotopic (exact) mass is 360 g/mol. The Balaban J connectivity index is 0.000000613. The third-order valence-electron chi connectivity index (χ3n) is 5.31. The predicted octanol–water partition coefficient (Wildman–Crippen LogP) is 2.90. The van der Waals surface area contributed by atoms with E-state index in [0.717, 1.165) is 11.4 Å². The molecule has 0 spiro atoms. The summed E-state index contributed by atoms with van der Waals surface area (Å²) in [6, 6.07) is 7.29. The van der Waals surface area contributed by atoms with Crippen LogP contribution in [-0.2, 0) is 11.3 Å². The van der Waals surface area contributed by atoms with E-state index >= 15 is 0 Å². The van der Waals surface area contributed by atoms with E-state index in [1.165, 1.54) is 57.3 Å². The number of carboxylic acid groups (broad SMARTS) is 1. The zero-order valence-corrected chi connectivity index (χ0v) is 14.8. The second-order valence-corrected chi connectivity index (χ2v) is 6.86. The van der Waals surface area contributed by atoms with Gasteiger partial charge >= 0.3 is 0 Å². The molecule has 0 saturated carbocycles. The van der Waals surface area contributed by atoms with Crippen molar-refractivity contribution in [3.05, 3.63) is 47.8 Å². The van der Waals surface area contributed by atoms with Gasteiger partial charge in [-0.25, -0.2) is 14.1 Å². The van der Waals surface area contributed by atoms with E-state index in [1.807, 2.05) is 16.8 Å². The first-order valence-corrected chi connectivity index (χ1v) is 9.17. The fraction of sp³-hybridized carbons (Fsp3) is 0.526. The fourth-order valence-electron chi connectivity index (χ4n) is 4.20. The number of hydrogen-bond donors (Lipinski definition) is 1. The van der Waals surface area contributed by atoms with Gasteiger partial charge in [-0.05, 0) is 56.5 Å². The van der Waals surface area contributed by atoms with Gasteiger partial charge in [0.15, 0.2) is 0 Å². The number of hydrogen-bond acceptors (Lipinski definition) is 4. The summed E-state index contributed by atoms with van der Waals surface area (Å²) in [4.78, 5) is 15.6. The number of carbonyl (C=O) groups is 1. The maximum absolute atomic E-state index is 13.1. The Morgan fingerprint density at radius 1 is 1.15 bits per heavy atom. The maximum atomic E-state index is 13.1. The highest BCUT2D eigenvalue weighted by Crippen LogP contribution is 2.36. The molecule has 7 heteroatoms. The van der Waals surface area contributed by atoms with Gasteiger partial charge in [0.2, 0.25) is 0 Å². The quantitative estimate of drug-likeness (QED) is 0.852. The van der Waals surface area contributed by atoms with E-state index in [9.17, 15) is 4.39 Å². The van der Waals surface area contributed by atoms with Crippen LogP contribution in [0, 0.1) is 5.82 Å². The minimum absolute atomic E-state index is 0.197. The Morgan fingerprint density at radius 2 is 1.88 bits per heavy atom. The molecule has 4 rings (SSSR count). The molecule has 0 radical (unpaired) electrons. The first-order valence-electron chi connectivity index (χ1n) is 9.17. The van der Waals surface area contributed by atoms with Gasteiger partial charge in [0, 0.05) is 12.0 Å². The van der Waals surface area contributed by atoms with Crippen molar-refractivity contribution in [3.8, 4) is 0 Å². The number of piperidine rings is 2. The van der Waals surface area contributed by atoms with Gasteiger partial charge in [0.25, 0.3) is 6.47 Å². The molecule has 2 aromatic rings. The van der Waals surface area contributed by atoms with E-state index in [0.29, 0.717) is 18.5 Å². The van der Waals surface area contributed by atoms with Crippen LogP contribution in [-0.4, -0.2) is 50.4 Å². The molecule has 1 aromatic heterocycles. The van der Waals surface area contributed by atoms with E-state index in [-0.39, 0.29) is 12.3 Å². The molecule has 2 atom stereocenters. The summed E-state index contributed by atoms with van der Waals surface area (Å²) in [6.07, 6.45) is 8.03. The number of aromatic nitrogens is 3. The van der Waals surface area contributed by atoms with Gasteiger partial charge in [-0.1, -0.05) is 18.6 Å². The summed E-state index contributed by atoms with van der Waals surface area (Å²) in [5, 5.41) is 11.3. The van der Waals surface area contributed by atoms with E-state index in [4.69, 9.17) is 9.90 Å². The van der Waals surface area contributed by atoms with Gasteiger partial charge in [0.1, 0.15) is 18.0 Å². The van der Waals surface area contributed by atoms with Crippen molar-refractivity contribution in [2.45, 2.75) is 50.6 Å². The standard InChI is InChI=1S/C18H23FN4.CH2O2/c19-15-8-6-14(7-9-15)12-23-18(20-13-21-23)16-4-3-11-22-10-2-1-5-17(16)22;2-1-3/h6-9,13,16-17H,1-5,10-12H2;1H,(H,2,3)/t16-,17-;/m1./s1. The summed E-state index contributed by atoms with van der Waals surface area (Å²) < 4.78 is 15.1. The second kappa shape index (κ2) is 8.89. The highest BCUT2D eigenvalue weighted by atomic mass is 19.1. The van der Waals surface area contributed by atoms with Gasteiger partial charge in [0.05, 0.1) is 6.54 Å². The first kappa shape index (κ1) is 18.5. The van der Waals surface area contributed by atoms with Gasteiger partial charge < -0.3 is 5.11 Å². The smallest absolute Gasteiger partial charge is 0.290 e. The van der Waals surface area contributed by atoms with Crippen LogP contribution in [0.2, 0.25) is 0 Å². The normalized spacial score (nSPS) is 22.8.